The van der Waals surface area contributed by atoms with Crippen LogP contribution in [0.5, 0.6) is 0 Å². The van der Waals surface area contributed by atoms with Gasteiger partial charge < -0.3 is 10.1 Å². The molecule has 2 fully saturated rings. The number of amides is 3. The van der Waals surface area contributed by atoms with E-state index in [0.29, 0.717) is 6.54 Å². The normalized spacial score (nSPS) is 20.0. The molecule has 0 radical (unpaired) electrons. The van der Waals surface area contributed by atoms with E-state index in [1.807, 2.05) is 6.92 Å². The van der Waals surface area contributed by atoms with Gasteiger partial charge in [0.05, 0.1) is 10.5 Å². The van der Waals surface area contributed by atoms with Gasteiger partial charge >= 0.3 is 12.0 Å². The molecule has 29 heavy (non-hydrogen) atoms. The van der Waals surface area contributed by atoms with E-state index < -0.39 is 34.5 Å². The monoisotopic (exact) mass is 423 g/mol. The number of nitrogens with one attached hydrogen (secondary N) is 2. The molecule has 1 atom stereocenters. The lowest BCUT2D eigenvalue weighted by molar-refractivity contribution is -0.123. The lowest BCUT2D eigenvalue weighted by Gasteiger charge is -2.32. The third kappa shape index (κ3) is 5.54. The van der Waals surface area contributed by atoms with Gasteiger partial charge in [-0.3, -0.25) is 10.1 Å². The number of hydrogen-bond acceptors (Lipinski definition) is 6. The number of ether oxygens (including phenoxy) is 1. The fourth-order valence-corrected chi connectivity index (χ4v) is 4.92. The van der Waals surface area contributed by atoms with Gasteiger partial charge in [-0.25, -0.2) is 18.0 Å². The first kappa shape index (κ1) is 21.3. The van der Waals surface area contributed by atoms with Crippen molar-refractivity contribution < 1.29 is 27.5 Å². The zero-order valence-electron chi connectivity index (χ0n) is 16.2. The summed E-state index contributed by atoms with van der Waals surface area (Å²) in [6.07, 6.45) is 4.34. The Morgan fingerprint density at radius 1 is 1.17 bits per heavy atom. The van der Waals surface area contributed by atoms with E-state index in [1.165, 1.54) is 28.6 Å². The fourth-order valence-electron chi connectivity index (χ4n) is 3.17. The first-order valence-corrected chi connectivity index (χ1v) is 11.1. The number of hydrogen-bond donors (Lipinski definition) is 2. The van der Waals surface area contributed by atoms with Crippen LogP contribution in [0.3, 0.4) is 0 Å². The van der Waals surface area contributed by atoms with Gasteiger partial charge in [0.1, 0.15) is 0 Å². The molecule has 2 N–H and O–H groups in total. The summed E-state index contributed by atoms with van der Waals surface area (Å²) < 4.78 is 32.2. The van der Waals surface area contributed by atoms with Gasteiger partial charge in [-0.2, -0.15) is 4.31 Å². The van der Waals surface area contributed by atoms with Crippen molar-refractivity contribution in [3.8, 4) is 0 Å². The second-order valence-corrected chi connectivity index (χ2v) is 9.25. The maximum absolute atomic E-state index is 12.9. The van der Waals surface area contributed by atoms with E-state index in [0.717, 1.165) is 32.1 Å². The molecular formula is C19H25N3O6S. The summed E-state index contributed by atoms with van der Waals surface area (Å²) in [5.41, 5.74) is 0.0194. The SMILES string of the molecule is C[C@@H]1CCCCN1S(=O)(=O)c1cccc(C(=O)OCC(=O)NC(=O)NC2CC2)c1. The summed E-state index contributed by atoms with van der Waals surface area (Å²) in [5, 5.41) is 4.65. The highest BCUT2D eigenvalue weighted by Crippen LogP contribution is 2.25. The van der Waals surface area contributed by atoms with Crippen molar-refractivity contribution >= 4 is 27.9 Å². The Bertz CT molecular complexity index is 897. The molecule has 1 saturated carbocycles. The highest BCUT2D eigenvalue weighted by atomic mass is 32.2. The smallest absolute Gasteiger partial charge is 0.338 e. The maximum atomic E-state index is 12.9. The lowest BCUT2D eigenvalue weighted by atomic mass is 10.1. The third-order valence-electron chi connectivity index (χ3n) is 4.92. The molecule has 9 nitrogen and oxygen atoms in total. The number of piperidine rings is 1. The molecule has 1 aromatic carbocycles. The minimum absolute atomic E-state index is 0.00830. The number of carbonyl (C=O) groups excluding carboxylic acids is 3. The Labute approximate surface area is 169 Å². The number of nitrogens with zero attached hydrogens (tertiary/aromatic N) is 1. The molecule has 3 rings (SSSR count). The lowest BCUT2D eigenvalue weighted by Crippen LogP contribution is -2.42. The summed E-state index contributed by atoms with van der Waals surface area (Å²) in [5.74, 6) is -1.60. The van der Waals surface area contributed by atoms with E-state index in [9.17, 15) is 22.8 Å². The van der Waals surface area contributed by atoms with Crippen LogP contribution in [0, 0.1) is 0 Å². The summed E-state index contributed by atoms with van der Waals surface area (Å²) in [7, 11) is -3.73. The molecule has 158 valence electrons. The first-order valence-electron chi connectivity index (χ1n) is 9.67. The summed E-state index contributed by atoms with van der Waals surface area (Å²) in [6, 6.07) is 4.92. The van der Waals surface area contributed by atoms with Crippen molar-refractivity contribution in [2.75, 3.05) is 13.2 Å². The van der Waals surface area contributed by atoms with Crippen LogP contribution in [0.4, 0.5) is 4.79 Å². The van der Waals surface area contributed by atoms with Gasteiger partial charge in [-0.15, -0.1) is 0 Å². The topological polar surface area (TPSA) is 122 Å². The molecule has 1 aliphatic carbocycles. The second-order valence-electron chi connectivity index (χ2n) is 7.36. The molecule has 0 unspecified atom stereocenters. The quantitative estimate of drug-likeness (QED) is 0.667. The summed E-state index contributed by atoms with van der Waals surface area (Å²) in [6.45, 7) is 1.67. The average Bonchev–Trinajstić information content (AvgIpc) is 3.50. The Balaban J connectivity index is 1.60. The molecule has 0 spiro atoms. The zero-order chi connectivity index (χ0) is 21.0. The number of esters is 1. The third-order valence-corrected chi connectivity index (χ3v) is 6.93. The average molecular weight is 423 g/mol. The highest BCUT2D eigenvalue weighted by Gasteiger charge is 2.31. The van der Waals surface area contributed by atoms with Crippen molar-refractivity contribution in [2.45, 2.75) is 56.0 Å². The molecule has 0 aromatic heterocycles. The van der Waals surface area contributed by atoms with E-state index in [4.69, 9.17) is 4.74 Å². The number of urea groups is 1. The predicted octanol–water partition coefficient (Wildman–Crippen LogP) is 1.39. The number of rotatable bonds is 6. The Morgan fingerprint density at radius 3 is 2.62 bits per heavy atom. The molecule has 0 bridgehead atoms. The van der Waals surface area contributed by atoms with Crippen molar-refractivity contribution in [3.05, 3.63) is 29.8 Å². The van der Waals surface area contributed by atoms with E-state index in [-0.39, 0.29) is 22.5 Å². The molecule has 1 aromatic rings. The van der Waals surface area contributed by atoms with Crippen LogP contribution in [-0.2, 0) is 19.6 Å². The minimum atomic E-state index is -3.73. The molecule has 1 heterocycles. The van der Waals surface area contributed by atoms with Gasteiger partial charge in [0.15, 0.2) is 6.61 Å². The van der Waals surface area contributed by atoms with Crippen LogP contribution in [0.25, 0.3) is 0 Å². The zero-order valence-corrected chi connectivity index (χ0v) is 17.0. The van der Waals surface area contributed by atoms with Crippen LogP contribution in [0.2, 0.25) is 0 Å². The Kier molecular flexibility index (Phi) is 6.53. The van der Waals surface area contributed by atoms with Crippen molar-refractivity contribution in [1.29, 1.82) is 0 Å². The van der Waals surface area contributed by atoms with Crippen LogP contribution in [0.1, 0.15) is 49.4 Å². The van der Waals surface area contributed by atoms with Gasteiger partial charge in [0.25, 0.3) is 5.91 Å². The Hall–Kier alpha value is -2.46. The van der Waals surface area contributed by atoms with Crippen LogP contribution in [-0.4, -0.2) is 55.9 Å². The minimum Gasteiger partial charge on any atom is -0.452 e. The standard InChI is InChI=1S/C19H25N3O6S/c1-13-5-2-3-10-22(13)29(26,27)16-7-4-6-14(11-16)18(24)28-12-17(23)21-19(25)20-15-8-9-15/h4,6-7,11,13,15H,2-3,5,8-10,12H2,1H3,(H2,20,21,23,25)/t13-/m1/s1. The van der Waals surface area contributed by atoms with Gasteiger partial charge in [-0.05, 0) is 50.8 Å². The summed E-state index contributed by atoms with van der Waals surface area (Å²) in [4.78, 5) is 35.4. The van der Waals surface area contributed by atoms with Crippen molar-refractivity contribution in [2.24, 2.45) is 0 Å². The first-order chi connectivity index (χ1) is 13.8. The van der Waals surface area contributed by atoms with E-state index in [1.54, 1.807) is 0 Å². The fraction of sp³-hybridized carbons (Fsp3) is 0.526. The van der Waals surface area contributed by atoms with Crippen LogP contribution in [0.15, 0.2) is 29.2 Å². The number of sulfonamides is 1. The molecule has 2 aliphatic rings. The van der Waals surface area contributed by atoms with Crippen molar-refractivity contribution in [1.82, 2.24) is 14.9 Å². The Morgan fingerprint density at radius 2 is 1.93 bits per heavy atom. The van der Waals surface area contributed by atoms with Gasteiger partial charge in [0.2, 0.25) is 10.0 Å². The van der Waals surface area contributed by atoms with E-state index >= 15 is 0 Å². The number of imide groups is 1. The van der Waals surface area contributed by atoms with Crippen molar-refractivity contribution in [3.63, 3.8) is 0 Å². The highest BCUT2D eigenvalue weighted by molar-refractivity contribution is 7.89. The molecule has 1 saturated heterocycles. The van der Waals surface area contributed by atoms with E-state index in [2.05, 4.69) is 10.6 Å². The van der Waals surface area contributed by atoms with Gasteiger partial charge in [0, 0.05) is 18.6 Å². The second kappa shape index (κ2) is 8.91. The summed E-state index contributed by atoms with van der Waals surface area (Å²) >= 11 is 0. The van der Waals surface area contributed by atoms with Crippen LogP contribution < -0.4 is 10.6 Å². The van der Waals surface area contributed by atoms with Gasteiger partial charge in [-0.1, -0.05) is 12.5 Å². The number of carbonyl (C=O) groups is 3. The molecule has 1 aliphatic heterocycles. The molecular weight excluding hydrogens is 398 g/mol. The molecule has 10 heteroatoms. The number of benzene rings is 1. The largest absolute Gasteiger partial charge is 0.452 e. The van der Waals surface area contributed by atoms with Crippen LogP contribution >= 0.6 is 0 Å². The predicted molar refractivity (Wildman–Crippen MR) is 104 cm³/mol. The maximum Gasteiger partial charge on any atom is 0.338 e. The molecule has 3 amide bonds.